The van der Waals surface area contributed by atoms with Gasteiger partial charge in [-0.25, -0.2) is 13.1 Å². The first kappa shape index (κ1) is 16.9. The lowest BCUT2D eigenvalue weighted by Gasteiger charge is -2.27. The molecule has 1 aromatic rings. The number of hydrogen-bond acceptors (Lipinski definition) is 4. The Hall–Kier alpha value is -1.44. The summed E-state index contributed by atoms with van der Waals surface area (Å²) in [5, 5.41) is 6.00. The first-order valence-electron chi connectivity index (χ1n) is 7.42. The fourth-order valence-electron chi connectivity index (χ4n) is 2.61. The van der Waals surface area contributed by atoms with Gasteiger partial charge in [0.15, 0.2) is 0 Å². The predicted octanol–water partition coefficient (Wildman–Crippen LogP) is 1.23. The lowest BCUT2D eigenvalue weighted by Crippen LogP contribution is -2.45. The van der Waals surface area contributed by atoms with Gasteiger partial charge in [-0.15, -0.1) is 0 Å². The highest BCUT2D eigenvalue weighted by Gasteiger charge is 2.25. The van der Waals surface area contributed by atoms with Crippen LogP contribution in [0, 0.1) is 12.8 Å². The summed E-state index contributed by atoms with van der Waals surface area (Å²) in [6, 6.07) is 4.67. The molecule has 3 N–H and O–H groups in total. The molecule has 122 valence electrons. The molecule has 6 nitrogen and oxygen atoms in total. The van der Waals surface area contributed by atoms with Crippen molar-refractivity contribution in [1.29, 1.82) is 0 Å². The number of sulfonamides is 1. The molecule has 0 radical (unpaired) electrons. The van der Waals surface area contributed by atoms with Crippen molar-refractivity contribution in [3.63, 3.8) is 0 Å². The minimum Gasteiger partial charge on any atom is -0.325 e. The number of rotatable bonds is 4. The van der Waals surface area contributed by atoms with Gasteiger partial charge in [-0.3, -0.25) is 4.79 Å². The van der Waals surface area contributed by atoms with Crippen molar-refractivity contribution in [2.45, 2.75) is 37.6 Å². The van der Waals surface area contributed by atoms with Crippen LogP contribution in [0.25, 0.3) is 0 Å². The average molecular weight is 325 g/mol. The van der Waals surface area contributed by atoms with E-state index < -0.39 is 10.0 Å². The van der Waals surface area contributed by atoms with Gasteiger partial charge in [0.05, 0.1) is 10.9 Å². The Bertz CT molecular complexity index is 658. The molecule has 1 amide bonds. The second-order valence-corrected chi connectivity index (χ2v) is 7.67. The molecule has 7 heteroatoms. The first-order valence-corrected chi connectivity index (χ1v) is 8.90. The van der Waals surface area contributed by atoms with Gasteiger partial charge in [0, 0.05) is 5.69 Å². The summed E-state index contributed by atoms with van der Waals surface area (Å²) in [5.74, 6) is 0.387. The van der Waals surface area contributed by atoms with Crippen molar-refractivity contribution in [3.8, 4) is 0 Å². The smallest absolute Gasteiger partial charge is 0.241 e. The molecule has 1 aliphatic heterocycles. The second kappa shape index (κ2) is 6.76. The summed E-state index contributed by atoms with van der Waals surface area (Å²) in [6.45, 7) is 4.68. The summed E-state index contributed by atoms with van der Waals surface area (Å²) in [7, 11) is -2.17. The Morgan fingerprint density at radius 3 is 2.73 bits per heavy atom. The van der Waals surface area contributed by atoms with Crippen LogP contribution in [0.4, 0.5) is 5.69 Å². The van der Waals surface area contributed by atoms with Gasteiger partial charge in [0.2, 0.25) is 15.9 Å². The van der Waals surface area contributed by atoms with E-state index in [4.69, 9.17) is 0 Å². The molecule has 2 rings (SSSR count). The van der Waals surface area contributed by atoms with E-state index in [9.17, 15) is 13.2 Å². The van der Waals surface area contributed by atoms with Gasteiger partial charge in [-0.1, -0.05) is 13.0 Å². The van der Waals surface area contributed by atoms with E-state index in [-0.39, 0.29) is 16.8 Å². The molecule has 0 bridgehead atoms. The standard InChI is InChI=1S/C15H23N3O3S/c1-10-6-7-17-13(8-10)15(19)18-12-5-4-11(2)14(9-12)22(20,21)16-3/h4-5,9-10,13,16-17H,6-8H2,1-3H3,(H,18,19). The van der Waals surface area contributed by atoms with Crippen LogP contribution < -0.4 is 15.4 Å². The summed E-state index contributed by atoms with van der Waals surface area (Å²) < 4.78 is 26.2. The SMILES string of the molecule is CNS(=O)(=O)c1cc(NC(=O)C2CC(C)CCN2)ccc1C. The maximum absolute atomic E-state index is 12.3. The van der Waals surface area contributed by atoms with Gasteiger partial charge >= 0.3 is 0 Å². The highest BCUT2D eigenvalue weighted by Crippen LogP contribution is 2.21. The maximum atomic E-state index is 12.3. The average Bonchev–Trinajstić information content (AvgIpc) is 2.49. The van der Waals surface area contributed by atoms with Crippen LogP contribution in [-0.2, 0) is 14.8 Å². The molecule has 1 aromatic carbocycles. The Morgan fingerprint density at radius 2 is 2.09 bits per heavy atom. The van der Waals surface area contributed by atoms with Gasteiger partial charge in [0.25, 0.3) is 0 Å². The van der Waals surface area contributed by atoms with Crippen molar-refractivity contribution >= 4 is 21.6 Å². The van der Waals surface area contributed by atoms with Gasteiger partial charge < -0.3 is 10.6 Å². The molecule has 22 heavy (non-hydrogen) atoms. The third kappa shape index (κ3) is 3.85. The van der Waals surface area contributed by atoms with Crippen LogP contribution in [0.2, 0.25) is 0 Å². The fourth-order valence-corrected chi connectivity index (χ4v) is 3.61. The molecule has 1 fully saturated rings. The summed E-state index contributed by atoms with van der Waals surface area (Å²) >= 11 is 0. The molecule has 2 atom stereocenters. The summed E-state index contributed by atoms with van der Waals surface area (Å²) in [5.41, 5.74) is 1.13. The Morgan fingerprint density at radius 1 is 1.36 bits per heavy atom. The normalized spacial score (nSPS) is 22.3. The fraction of sp³-hybridized carbons (Fsp3) is 0.533. The Labute approximate surface area is 131 Å². The highest BCUT2D eigenvalue weighted by atomic mass is 32.2. The molecule has 1 aliphatic rings. The molecule has 1 heterocycles. The molecule has 0 aliphatic carbocycles. The summed E-state index contributed by atoms with van der Waals surface area (Å²) in [6.07, 6.45) is 1.86. The van der Waals surface area contributed by atoms with Crippen LogP contribution in [0.5, 0.6) is 0 Å². The van der Waals surface area contributed by atoms with Crippen molar-refractivity contribution < 1.29 is 13.2 Å². The first-order chi connectivity index (χ1) is 10.3. The van der Waals surface area contributed by atoms with E-state index in [2.05, 4.69) is 22.3 Å². The van der Waals surface area contributed by atoms with Gasteiger partial charge in [0.1, 0.15) is 0 Å². The van der Waals surface area contributed by atoms with Crippen molar-refractivity contribution in [1.82, 2.24) is 10.0 Å². The van der Waals surface area contributed by atoms with E-state index in [1.54, 1.807) is 19.1 Å². The van der Waals surface area contributed by atoms with E-state index in [0.29, 0.717) is 17.2 Å². The molecular formula is C15H23N3O3S. The number of piperidine rings is 1. The summed E-state index contributed by atoms with van der Waals surface area (Å²) in [4.78, 5) is 12.5. The zero-order chi connectivity index (χ0) is 16.3. The zero-order valence-electron chi connectivity index (χ0n) is 13.1. The number of amides is 1. The zero-order valence-corrected chi connectivity index (χ0v) is 14.0. The minimum atomic E-state index is -3.54. The number of aryl methyl sites for hydroxylation is 1. The monoisotopic (exact) mass is 325 g/mol. The van der Waals surface area contributed by atoms with Crippen LogP contribution in [0.15, 0.2) is 23.1 Å². The largest absolute Gasteiger partial charge is 0.325 e. The molecule has 2 unspecified atom stereocenters. The Balaban J connectivity index is 2.16. The van der Waals surface area contributed by atoms with Crippen LogP contribution in [-0.4, -0.2) is 34.0 Å². The predicted molar refractivity (Wildman–Crippen MR) is 86.2 cm³/mol. The molecule has 0 aromatic heterocycles. The van der Waals surface area contributed by atoms with Gasteiger partial charge in [-0.05, 0) is 57.0 Å². The molecule has 0 saturated carbocycles. The van der Waals surface area contributed by atoms with Crippen LogP contribution in [0.3, 0.4) is 0 Å². The van der Waals surface area contributed by atoms with E-state index in [0.717, 1.165) is 19.4 Å². The Kier molecular flexibility index (Phi) is 5.20. The van der Waals surface area contributed by atoms with Crippen LogP contribution >= 0.6 is 0 Å². The van der Waals surface area contributed by atoms with Crippen molar-refractivity contribution in [2.75, 3.05) is 18.9 Å². The third-order valence-electron chi connectivity index (χ3n) is 4.00. The van der Waals surface area contributed by atoms with Crippen LogP contribution in [0.1, 0.15) is 25.3 Å². The number of anilines is 1. The lowest BCUT2D eigenvalue weighted by molar-refractivity contribution is -0.119. The lowest BCUT2D eigenvalue weighted by atomic mass is 9.94. The topological polar surface area (TPSA) is 87.3 Å². The molecule has 0 spiro atoms. The third-order valence-corrected chi connectivity index (χ3v) is 5.55. The van der Waals surface area contributed by atoms with E-state index >= 15 is 0 Å². The number of benzene rings is 1. The second-order valence-electron chi connectivity index (χ2n) is 5.81. The highest BCUT2D eigenvalue weighted by molar-refractivity contribution is 7.89. The van der Waals surface area contributed by atoms with E-state index in [1.165, 1.54) is 13.1 Å². The minimum absolute atomic E-state index is 0.122. The maximum Gasteiger partial charge on any atom is 0.241 e. The van der Waals surface area contributed by atoms with Crippen molar-refractivity contribution in [2.24, 2.45) is 5.92 Å². The number of nitrogens with one attached hydrogen (secondary N) is 3. The molecular weight excluding hydrogens is 302 g/mol. The van der Waals surface area contributed by atoms with Gasteiger partial charge in [-0.2, -0.15) is 0 Å². The van der Waals surface area contributed by atoms with E-state index in [1.807, 2.05) is 0 Å². The number of hydrogen-bond donors (Lipinski definition) is 3. The molecule has 1 saturated heterocycles. The number of carbonyl (C=O) groups is 1. The number of carbonyl (C=O) groups excluding carboxylic acids is 1. The van der Waals surface area contributed by atoms with Crippen molar-refractivity contribution in [3.05, 3.63) is 23.8 Å². The quantitative estimate of drug-likeness (QED) is 0.777.